The molecule has 0 amide bonds. The Bertz CT molecular complexity index is 595. The largest absolute Gasteiger partial charge is 0.504 e. The van der Waals surface area contributed by atoms with Crippen LogP contribution < -0.4 is 0 Å². The third kappa shape index (κ3) is 2.06. The van der Waals surface area contributed by atoms with Crippen LogP contribution in [-0.4, -0.2) is 28.7 Å². The molecule has 0 saturated carbocycles. The van der Waals surface area contributed by atoms with E-state index in [0.717, 1.165) is 17.7 Å². The number of rotatable bonds is 1. The average Bonchev–Trinajstić information content (AvgIpc) is 2.44. The van der Waals surface area contributed by atoms with Crippen LogP contribution in [0.4, 0.5) is 0 Å². The molecular weight excluding hydrogens is 238 g/mol. The molecule has 3 rings (SSSR count). The van der Waals surface area contributed by atoms with Crippen LogP contribution in [0.25, 0.3) is 0 Å². The second-order valence-electron chi connectivity index (χ2n) is 5.16. The summed E-state index contributed by atoms with van der Waals surface area (Å²) in [4.78, 5) is 2.17. The highest BCUT2D eigenvalue weighted by atomic mass is 16.3. The van der Waals surface area contributed by atoms with Crippen molar-refractivity contribution in [1.29, 1.82) is 0 Å². The van der Waals surface area contributed by atoms with Crippen molar-refractivity contribution < 1.29 is 10.2 Å². The Hall–Kier alpha value is -2.00. The molecule has 19 heavy (non-hydrogen) atoms. The fraction of sp³-hybridized carbons (Fsp3) is 0.250. The zero-order valence-electron chi connectivity index (χ0n) is 10.9. The summed E-state index contributed by atoms with van der Waals surface area (Å²) in [5, 5.41) is 19.7. The normalized spacial score (nSPS) is 19.1. The quantitative estimate of drug-likeness (QED) is 0.770. The van der Waals surface area contributed by atoms with Crippen molar-refractivity contribution in [1.82, 2.24) is 4.90 Å². The summed E-state index contributed by atoms with van der Waals surface area (Å²) in [6, 6.07) is 13.8. The first-order valence-electron chi connectivity index (χ1n) is 6.44. The van der Waals surface area contributed by atoms with Crippen LogP contribution in [0.1, 0.15) is 22.6 Å². The van der Waals surface area contributed by atoms with E-state index >= 15 is 0 Å². The molecular formula is C16H17NO2. The van der Waals surface area contributed by atoms with Gasteiger partial charge in [0.2, 0.25) is 0 Å². The van der Waals surface area contributed by atoms with Crippen LogP contribution in [0.2, 0.25) is 0 Å². The minimum absolute atomic E-state index is 0.0185. The van der Waals surface area contributed by atoms with Gasteiger partial charge in [-0.25, -0.2) is 0 Å². The molecule has 3 nitrogen and oxygen atoms in total. The summed E-state index contributed by atoms with van der Waals surface area (Å²) in [5.74, 6) is 0.215. The Labute approximate surface area is 112 Å². The van der Waals surface area contributed by atoms with Gasteiger partial charge in [0, 0.05) is 24.6 Å². The molecule has 0 spiro atoms. The summed E-state index contributed by atoms with van der Waals surface area (Å²) < 4.78 is 0. The molecule has 1 aliphatic rings. The third-order valence-electron chi connectivity index (χ3n) is 3.80. The number of likely N-dealkylation sites (N-methyl/N-ethyl adjacent to an activating group) is 1. The summed E-state index contributed by atoms with van der Waals surface area (Å²) in [6.45, 7) is 1.58. The molecule has 98 valence electrons. The summed E-state index contributed by atoms with van der Waals surface area (Å²) >= 11 is 0. The molecule has 0 radical (unpaired) electrons. The molecule has 1 unspecified atom stereocenters. The van der Waals surface area contributed by atoms with Gasteiger partial charge >= 0.3 is 0 Å². The molecule has 3 heteroatoms. The van der Waals surface area contributed by atoms with Gasteiger partial charge in [0.15, 0.2) is 11.5 Å². The SMILES string of the molecule is CN1Cc2c(ccc(O)c2O)C(c2ccccc2)C1. The molecule has 0 aliphatic carbocycles. The van der Waals surface area contributed by atoms with E-state index in [4.69, 9.17) is 0 Å². The van der Waals surface area contributed by atoms with Gasteiger partial charge in [-0.05, 0) is 24.2 Å². The maximum atomic E-state index is 10.0. The second kappa shape index (κ2) is 4.59. The van der Waals surface area contributed by atoms with Crippen molar-refractivity contribution in [2.24, 2.45) is 0 Å². The number of phenolic OH excluding ortho intramolecular Hbond substituents is 2. The predicted molar refractivity (Wildman–Crippen MR) is 74.4 cm³/mol. The maximum Gasteiger partial charge on any atom is 0.162 e. The van der Waals surface area contributed by atoms with Gasteiger partial charge in [-0.1, -0.05) is 36.4 Å². The number of benzene rings is 2. The number of phenols is 2. The highest BCUT2D eigenvalue weighted by Gasteiger charge is 2.27. The number of nitrogens with zero attached hydrogens (tertiary/aromatic N) is 1. The van der Waals surface area contributed by atoms with Crippen molar-refractivity contribution in [3.63, 3.8) is 0 Å². The third-order valence-corrected chi connectivity index (χ3v) is 3.80. The molecule has 1 atom stereocenters. The van der Waals surface area contributed by atoms with Gasteiger partial charge in [0.05, 0.1) is 0 Å². The lowest BCUT2D eigenvalue weighted by atomic mass is 9.84. The number of hydrogen-bond acceptors (Lipinski definition) is 3. The molecule has 2 aromatic rings. The second-order valence-corrected chi connectivity index (χ2v) is 5.16. The van der Waals surface area contributed by atoms with E-state index in [1.165, 1.54) is 5.56 Å². The van der Waals surface area contributed by atoms with Gasteiger partial charge in [0.25, 0.3) is 0 Å². The molecule has 1 heterocycles. The van der Waals surface area contributed by atoms with Crippen LogP contribution in [0.5, 0.6) is 11.5 Å². The zero-order valence-corrected chi connectivity index (χ0v) is 10.9. The first-order chi connectivity index (χ1) is 9.16. The van der Waals surface area contributed by atoms with Crippen LogP contribution in [0.3, 0.4) is 0 Å². The first-order valence-corrected chi connectivity index (χ1v) is 6.44. The van der Waals surface area contributed by atoms with E-state index in [2.05, 4.69) is 17.0 Å². The topological polar surface area (TPSA) is 43.7 Å². The van der Waals surface area contributed by atoms with Crippen molar-refractivity contribution in [2.75, 3.05) is 13.6 Å². The van der Waals surface area contributed by atoms with E-state index in [1.807, 2.05) is 31.3 Å². The van der Waals surface area contributed by atoms with Crippen molar-refractivity contribution in [3.8, 4) is 11.5 Å². The highest BCUT2D eigenvalue weighted by Crippen LogP contribution is 2.40. The van der Waals surface area contributed by atoms with E-state index < -0.39 is 0 Å². The monoisotopic (exact) mass is 255 g/mol. The van der Waals surface area contributed by atoms with Gasteiger partial charge in [-0.15, -0.1) is 0 Å². The standard InChI is InChI=1S/C16H17NO2/c1-17-9-13(11-5-3-2-4-6-11)12-7-8-15(18)16(19)14(12)10-17/h2-8,13,18-19H,9-10H2,1H3. The van der Waals surface area contributed by atoms with E-state index in [9.17, 15) is 10.2 Å². The average molecular weight is 255 g/mol. The van der Waals surface area contributed by atoms with Gasteiger partial charge in [-0.3, -0.25) is 0 Å². The van der Waals surface area contributed by atoms with Gasteiger partial charge < -0.3 is 15.1 Å². The lowest BCUT2D eigenvalue weighted by molar-refractivity contribution is 0.285. The van der Waals surface area contributed by atoms with Crippen molar-refractivity contribution >= 4 is 0 Å². The van der Waals surface area contributed by atoms with Crippen LogP contribution in [0, 0.1) is 0 Å². The number of hydrogen-bond donors (Lipinski definition) is 2. The maximum absolute atomic E-state index is 10.0. The Morgan fingerprint density at radius 1 is 1.05 bits per heavy atom. The number of fused-ring (bicyclic) bond motifs is 1. The van der Waals surface area contributed by atoms with Gasteiger partial charge in [-0.2, -0.15) is 0 Å². The van der Waals surface area contributed by atoms with Gasteiger partial charge in [0.1, 0.15) is 0 Å². The minimum Gasteiger partial charge on any atom is -0.504 e. The Kier molecular flexibility index (Phi) is 2.91. The van der Waals surface area contributed by atoms with Crippen LogP contribution >= 0.6 is 0 Å². The fourth-order valence-electron chi connectivity index (χ4n) is 2.85. The Morgan fingerprint density at radius 3 is 2.53 bits per heavy atom. The molecule has 0 aromatic heterocycles. The van der Waals surface area contributed by atoms with Crippen LogP contribution in [0.15, 0.2) is 42.5 Å². The molecule has 0 fully saturated rings. The molecule has 2 aromatic carbocycles. The first kappa shape index (κ1) is 12.1. The summed E-state index contributed by atoms with van der Waals surface area (Å²) in [7, 11) is 2.03. The van der Waals surface area contributed by atoms with E-state index in [1.54, 1.807) is 6.07 Å². The lowest BCUT2D eigenvalue weighted by Crippen LogP contribution is -2.31. The van der Waals surface area contributed by atoms with E-state index in [-0.39, 0.29) is 17.4 Å². The van der Waals surface area contributed by atoms with Crippen molar-refractivity contribution in [3.05, 3.63) is 59.2 Å². The highest BCUT2D eigenvalue weighted by molar-refractivity contribution is 5.53. The molecule has 1 aliphatic heterocycles. The zero-order chi connectivity index (χ0) is 13.4. The Morgan fingerprint density at radius 2 is 1.79 bits per heavy atom. The minimum atomic E-state index is -0.0409. The number of aromatic hydroxyl groups is 2. The molecule has 2 N–H and O–H groups in total. The Balaban J connectivity index is 2.13. The smallest absolute Gasteiger partial charge is 0.162 e. The molecule has 0 saturated heterocycles. The fourth-order valence-corrected chi connectivity index (χ4v) is 2.85. The molecule has 0 bridgehead atoms. The lowest BCUT2D eigenvalue weighted by Gasteiger charge is -2.33. The summed E-state index contributed by atoms with van der Waals surface area (Å²) in [5.41, 5.74) is 3.18. The van der Waals surface area contributed by atoms with E-state index in [0.29, 0.717) is 6.54 Å². The summed E-state index contributed by atoms with van der Waals surface area (Å²) in [6.07, 6.45) is 0. The van der Waals surface area contributed by atoms with Crippen LogP contribution in [-0.2, 0) is 6.54 Å². The van der Waals surface area contributed by atoms with Crippen molar-refractivity contribution in [2.45, 2.75) is 12.5 Å². The predicted octanol–water partition coefficient (Wildman–Crippen LogP) is 2.68.